The number of amides is 1. The lowest BCUT2D eigenvalue weighted by molar-refractivity contribution is 0.0746. The average molecular weight is 398 g/mol. The quantitative estimate of drug-likeness (QED) is 0.605. The number of aryl methyl sites for hydroxylation is 2. The highest BCUT2D eigenvalue weighted by molar-refractivity contribution is 7.98. The summed E-state index contributed by atoms with van der Waals surface area (Å²) in [6.07, 6.45) is 2.09. The van der Waals surface area contributed by atoms with Gasteiger partial charge in [0.15, 0.2) is 5.13 Å². The summed E-state index contributed by atoms with van der Waals surface area (Å²) in [5, 5.41) is 1.06. The predicted octanol–water partition coefficient (Wildman–Crippen LogP) is 4.60. The lowest BCUT2D eigenvalue weighted by Gasteiger charge is -2.34. The van der Waals surface area contributed by atoms with Gasteiger partial charge in [-0.3, -0.25) is 4.79 Å². The zero-order valence-corrected chi connectivity index (χ0v) is 17.5. The predicted molar refractivity (Wildman–Crippen MR) is 115 cm³/mol. The van der Waals surface area contributed by atoms with E-state index in [9.17, 15) is 4.79 Å². The Morgan fingerprint density at radius 1 is 1.07 bits per heavy atom. The van der Waals surface area contributed by atoms with Crippen molar-refractivity contribution in [3.8, 4) is 0 Å². The molecule has 1 fully saturated rings. The van der Waals surface area contributed by atoms with Gasteiger partial charge in [0.05, 0.1) is 10.2 Å². The normalized spacial score (nSPS) is 14.8. The Hall–Kier alpha value is -2.05. The average Bonchev–Trinajstić information content (AvgIpc) is 3.14. The number of fused-ring (bicyclic) bond motifs is 1. The summed E-state index contributed by atoms with van der Waals surface area (Å²) in [6.45, 7) is 7.24. The highest BCUT2D eigenvalue weighted by Gasteiger charge is 2.24. The molecule has 27 heavy (non-hydrogen) atoms. The number of para-hydroxylation sites is 1. The highest BCUT2D eigenvalue weighted by Crippen LogP contribution is 2.34. The minimum Gasteiger partial charge on any atom is -0.345 e. The van der Waals surface area contributed by atoms with Crippen LogP contribution in [0.25, 0.3) is 10.2 Å². The van der Waals surface area contributed by atoms with E-state index in [1.165, 1.54) is 20.7 Å². The molecular formula is C21H23N3OS2. The van der Waals surface area contributed by atoms with Gasteiger partial charge in [-0.15, -0.1) is 11.8 Å². The van der Waals surface area contributed by atoms with Crippen molar-refractivity contribution in [1.82, 2.24) is 9.88 Å². The first kappa shape index (κ1) is 18.3. The third kappa shape index (κ3) is 3.56. The van der Waals surface area contributed by atoms with Gasteiger partial charge in [0.25, 0.3) is 5.91 Å². The Bertz CT molecular complexity index is 990. The summed E-state index contributed by atoms with van der Waals surface area (Å²) in [5.74, 6) is 0.131. The fraction of sp³-hybridized carbons (Fsp3) is 0.333. The zero-order chi connectivity index (χ0) is 19.0. The van der Waals surface area contributed by atoms with E-state index >= 15 is 0 Å². The first-order valence-corrected chi connectivity index (χ1v) is 11.2. The van der Waals surface area contributed by atoms with E-state index in [0.717, 1.165) is 42.4 Å². The second-order valence-corrected chi connectivity index (χ2v) is 8.74. The Morgan fingerprint density at radius 3 is 2.56 bits per heavy atom. The van der Waals surface area contributed by atoms with Gasteiger partial charge >= 0.3 is 0 Å². The number of aromatic nitrogens is 1. The van der Waals surface area contributed by atoms with Gasteiger partial charge in [-0.05, 0) is 55.5 Å². The summed E-state index contributed by atoms with van der Waals surface area (Å²) in [6, 6.07) is 12.3. The van der Waals surface area contributed by atoms with Gasteiger partial charge in [-0.1, -0.05) is 23.5 Å². The topological polar surface area (TPSA) is 36.4 Å². The van der Waals surface area contributed by atoms with Crippen molar-refractivity contribution in [2.24, 2.45) is 0 Å². The van der Waals surface area contributed by atoms with Crippen LogP contribution in [0.15, 0.2) is 41.3 Å². The van der Waals surface area contributed by atoms with Crippen molar-refractivity contribution in [3.05, 3.63) is 53.1 Å². The summed E-state index contributed by atoms with van der Waals surface area (Å²) < 4.78 is 1.23. The number of nitrogens with zero attached hydrogens (tertiary/aromatic N) is 3. The van der Waals surface area contributed by atoms with Gasteiger partial charge in [0.2, 0.25) is 0 Å². The maximum absolute atomic E-state index is 12.8. The Morgan fingerprint density at radius 2 is 1.85 bits per heavy atom. The van der Waals surface area contributed by atoms with E-state index in [1.807, 2.05) is 23.1 Å². The van der Waals surface area contributed by atoms with Crippen LogP contribution in [0, 0.1) is 13.8 Å². The molecule has 3 aromatic rings. The first-order valence-electron chi connectivity index (χ1n) is 9.12. The summed E-state index contributed by atoms with van der Waals surface area (Å²) >= 11 is 3.48. The minimum atomic E-state index is 0.131. The molecule has 0 bridgehead atoms. The molecule has 6 heteroatoms. The van der Waals surface area contributed by atoms with Crippen molar-refractivity contribution >= 4 is 44.4 Å². The molecule has 0 N–H and O–H groups in total. The van der Waals surface area contributed by atoms with E-state index < -0.39 is 0 Å². The molecule has 2 aromatic carbocycles. The molecule has 0 saturated carbocycles. The molecule has 0 radical (unpaired) electrons. The summed E-state index contributed by atoms with van der Waals surface area (Å²) in [5.41, 5.74) is 4.27. The van der Waals surface area contributed by atoms with Crippen LogP contribution in [-0.2, 0) is 0 Å². The molecule has 0 atom stereocenters. The molecule has 1 amide bonds. The van der Waals surface area contributed by atoms with Crippen molar-refractivity contribution in [2.75, 3.05) is 37.3 Å². The maximum Gasteiger partial charge on any atom is 0.253 e. The van der Waals surface area contributed by atoms with Gasteiger partial charge in [0, 0.05) is 36.6 Å². The lowest BCUT2D eigenvalue weighted by Crippen LogP contribution is -2.48. The van der Waals surface area contributed by atoms with Gasteiger partial charge in [-0.2, -0.15) is 0 Å². The Kier molecular flexibility index (Phi) is 5.10. The third-order valence-electron chi connectivity index (χ3n) is 5.18. The molecule has 0 aliphatic carbocycles. The van der Waals surface area contributed by atoms with E-state index in [-0.39, 0.29) is 5.91 Å². The van der Waals surface area contributed by atoms with E-state index in [1.54, 1.807) is 23.1 Å². The second kappa shape index (κ2) is 7.52. The zero-order valence-electron chi connectivity index (χ0n) is 15.9. The van der Waals surface area contributed by atoms with Crippen LogP contribution in [-0.4, -0.2) is 48.2 Å². The van der Waals surface area contributed by atoms with Crippen molar-refractivity contribution < 1.29 is 4.79 Å². The molecule has 0 spiro atoms. The fourth-order valence-electron chi connectivity index (χ4n) is 3.37. The smallest absolute Gasteiger partial charge is 0.253 e. The highest BCUT2D eigenvalue weighted by atomic mass is 32.2. The number of carbonyl (C=O) groups is 1. The van der Waals surface area contributed by atoms with Crippen molar-refractivity contribution in [2.45, 2.75) is 18.7 Å². The molecule has 1 saturated heterocycles. The first-order chi connectivity index (χ1) is 13.1. The van der Waals surface area contributed by atoms with E-state index in [4.69, 9.17) is 4.98 Å². The molecule has 1 aromatic heterocycles. The largest absolute Gasteiger partial charge is 0.345 e. The molecule has 1 aliphatic rings. The summed E-state index contributed by atoms with van der Waals surface area (Å²) in [4.78, 5) is 23.2. The van der Waals surface area contributed by atoms with Crippen LogP contribution in [0.4, 0.5) is 5.13 Å². The van der Waals surface area contributed by atoms with Crippen LogP contribution in [0.2, 0.25) is 0 Å². The van der Waals surface area contributed by atoms with Gasteiger partial charge < -0.3 is 9.80 Å². The number of hydrogen-bond acceptors (Lipinski definition) is 5. The molecule has 140 valence electrons. The molecule has 2 heterocycles. The molecule has 4 nitrogen and oxygen atoms in total. The number of piperazine rings is 1. The monoisotopic (exact) mass is 397 g/mol. The minimum absolute atomic E-state index is 0.131. The maximum atomic E-state index is 12.8. The van der Waals surface area contributed by atoms with Crippen LogP contribution in [0.3, 0.4) is 0 Å². The van der Waals surface area contributed by atoms with Crippen molar-refractivity contribution in [3.63, 3.8) is 0 Å². The molecule has 1 aliphatic heterocycles. The van der Waals surface area contributed by atoms with E-state index in [2.05, 4.69) is 43.2 Å². The molecule has 4 rings (SSSR count). The third-order valence-corrected chi connectivity index (χ3v) is 7.03. The standard InChI is InChI=1S/C21H23N3OS2/c1-14-7-8-16(13-15(14)2)20(25)23-9-11-24(12-10-23)21-22-19-17(26-3)5-4-6-18(19)27-21/h4-8,13H,9-12H2,1-3H3. The Labute approximate surface area is 168 Å². The van der Waals surface area contributed by atoms with Crippen LogP contribution < -0.4 is 4.90 Å². The summed E-state index contributed by atoms with van der Waals surface area (Å²) in [7, 11) is 0. The van der Waals surface area contributed by atoms with Gasteiger partial charge in [-0.25, -0.2) is 4.98 Å². The molecule has 0 unspecified atom stereocenters. The number of rotatable bonds is 3. The van der Waals surface area contributed by atoms with Gasteiger partial charge in [0.1, 0.15) is 0 Å². The number of hydrogen-bond donors (Lipinski definition) is 0. The van der Waals surface area contributed by atoms with Crippen molar-refractivity contribution in [1.29, 1.82) is 0 Å². The Balaban J connectivity index is 1.47. The molecular weight excluding hydrogens is 374 g/mol. The fourth-order valence-corrected chi connectivity index (χ4v) is 5.04. The SMILES string of the molecule is CSc1cccc2sc(N3CCN(C(=O)c4ccc(C)c(C)c4)CC3)nc12. The second-order valence-electron chi connectivity index (χ2n) is 6.88. The lowest BCUT2D eigenvalue weighted by atomic mass is 10.1. The number of thiazole rings is 1. The van der Waals surface area contributed by atoms with Crippen LogP contribution in [0.1, 0.15) is 21.5 Å². The number of benzene rings is 2. The van der Waals surface area contributed by atoms with Crippen LogP contribution >= 0.6 is 23.1 Å². The van der Waals surface area contributed by atoms with Crippen LogP contribution in [0.5, 0.6) is 0 Å². The number of anilines is 1. The number of thioether (sulfide) groups is 1. The number of carbonyl (C=O) groups excluding carboxylic acids is 1. The van der Waals surface area contributed by atoms with E-state index in [0.29, 0.717) is 0 Å².